The first-order valence-electron chi connectivity index (χ1n) is 8.62. The van der Waals surface area contributed by atoms with E-state index in [-0.39, 0.29) is 11.0 Å². The molecule has 1 aliphatic carbocycles. The molecule has 1 N–H and O–H groups in total. The van der Waals surface area contributed by atoms with Crippen molar-refractivity contribution in [1.82, 2.24) is 0 Å². The van der Waals surface area contributed by atoms with Crippen molar-refractivity contribution < 1.29 is 5.11 Å². The van der Waals surface area contributed by atoms with Crippen molar-refractivity contribution >= 4 is 0 Å². The van der Waals surface area contributed by atoms with Crippen LogP contribution >= 0.6 is 0 Å². The highest BCUT2D eigenvalue weighted by atomic mass is 16.3. The van der Waals surface area contributed by atoms with E-state index in [1.807, 2.05) is 0 Å². The van der Waals surface area contributed by atoms with Gasteiger partial charge in [-0.2, -0.15) is 0 Å². The average Bonchev–Trinajstić information content (AvgIpc) is 2.32. The number of aliphatic hydroxyl groups is 1. The molecule has 0 aromatic carbocycles. The monoisotopic (exact) mass is 268 g/mol. The standard InChI is InChI=1S/C18H36O/c1-5-6-7-8-9-11-14-18(19)15-12-10-13-16(18)17(2,3)4/h16,19H,5-15H2,1-4H3. The van der Waals surface area contributed by atoms with Crippen LogP contribution in [0, 0.1) is 11.3 Å². The highest BCUT2D eigenvalue weighted by molar-refractivity contribution is 4.95. The first-order chi connectivity index (χ1) is 8.90. The van der Waals surface area contributed by atoms with Gasteiger partial charge < -0.3 is 5.11 Å². The van der Waals surface area contributed by atoms with E-state index in [1.54, 1.807) is 0 Å². The van der Waals surface area contributed by atoms with Crippen LogP contribution < -0.4 is 0 Å². The first-order valence-corrected chi connectivity index (χ1v) is 8.62. The predicted octanol–water partition coefficient (Wildman–Crippen LogP) is 5.70. The minimum atomic E-state index is -0.374. The number of hydrogen-bond acceptors (Lipinski definition) is 1. The van der Waals surface area contributed by atoms with Crippen LogP contribution in [0.2, 0.25) is 0 Å². The van der Waals surface area contributed by atoms with Crippen molar-refractivity contribution in [2.45, 2.75) is 104 Å². The van der Waals surface area contributed by atoms with E-state index in [1.165, 1.54) is 57.8 Å². The van der Waals surface area contributed by atoms with E-state index in [0.29, 0.717) is 5.92 Å². The normalized spacial score (nSPS) is 28.6. The van der Waals surface area contributed by atoms with E-state index in [2.05, 4.69) is 27.7 Å². The van der Waals surface area contributed by atoms with Gasteiger partial charge in [-0.1, -0.05) is 79.1 Å². The molecule has 114 valence electrons. The summed E-state index contributed by atoms with van der Waals surface area (Å²) in [6.07, 6.45) is 13.7. The molecule has 0 aromatic heterocycles. The third kappa shape index (κ3) is 5.45. The third-order valence-corrected chi connectivity index (χ3v) is 5.01. The first kappa shape index (κ1) is 17.0. The van der Waals surface area contributed by atoms with Crippen LogP contribution in [0.15, 0.2) is 0 Å². The topological polar surface area (TPSA) is 20.2 Å². The van der Waals surface area contributed by atoms with Crippen LogP contribution in [0.4, 0.5) is 0 Å². The van der Waals surface area contributed by atoms with Crippen molar-refractivity contribution in [3.8, 4) is 0 Å². The molecular weight excluding hydrogens is 232 g/mol. The lowest BCUT2D eigenvalue weighted by atomic mass is 9.62. The third-order valence-electron chi connectivity index (χ3n) is 5.01. The zero-order valence-electron chi connectivity index (χ0n) is 13.8. The maximum atomic E-state index is 11.1. The summed E-state index contributed by atoms with van der Waals surface area (Å²) in [5.41, 5.74) is -0.126. The average molecular weight is 268 g/mol. The van der Waals surface area contributed by atoms with E-state index in [0.717, 1.165) is 12.8 Å². The highest BCUT2D eigenvalue weighted by Gasteiger charge is 2.43. The summed E-state index contributed by atoms with van der Waals surface area (Å²) >= 11 is 0. The summed E-state index contributed by atoms with van der Waals surface area (Å²) in [6, 6.07) is 0. The Bertz CT molecular complexity index is 241. The maximum Gasteiger partial charge on any atom is 0.0680 e. The summed E-state index contributed by atoms with van der Waals surface area (Å²) in [5, 5.41) is 11.1. The molecule has 0 spiro atoms. The molecular formula is C18H36O. The molecule has 1 heteroatoms. The van der Waals surface area contributed by atoms with E-state index in [9.17, 15) is 5.11 Å². The van der Waals surface area contributed by atoms with Gasteiger partial charge in [0.25, 0.3) is 0 Å². The van der Waals surface area contributed by atoms with Gasteiger partial charge in [-0.15, -0.1) is 0 Å². The molecule has 2 atom stereocenters. The second-order valence-corrected chi connectivity index (χ2v) is 7.79. The molecule has 0 aliphatic heterocycles. The fraction of sp³-hybridized carbons (Fsp3) is 1.00. The second kappa shape index (κ2) is 7.67. The summed E-state index contributed by atoms with van der Waals surface area (Å²) in [5.74, 6) is 0.490. The van der Waals surface area contributed by atoms with E-state index >= 15 is 0 Å². The van der Waals surface area contributed by atoms with Gasteiger partial charge in [0, 0.05) is 0 Å². The van der Waals surface area contributed by atoms with Crippen LogP contribution in [0.5, 0.6) is 0 Å². The van der Waals surface area contributed by atoms with Crippen LogP contribution in [0.1, 0.15) is 98.3 Å². The van der Waals surface area contributed by atoms with Crippen molar-refractivity contribution in [2.75, 3.05) is 0 Å². The van der Waals surface area contributed by atoms with Gasteiger partial charge in [-0.05, 0) is 30.6 Å². The Kier molecular flexibility index (Phi) is 6.86. The van der Waals surface area contributed by atoms with Gasteiger partial charge >= 0.3 is 0 Å². The Morgan fingerprint density at radius 1 is 1.00 bits per heavy atom. The molecule has 0 saturated heterocycles. The minimum Gasteiger partial charge on any atom is -0.390 e. The van der Waals surface area contributed by atoms with Crippen molar-refractivity contribution in [1.29, 1.82) is 0 Å². The Labute approximate surface area is 121 Å². The summed E-state index contributed by atoms with van der Waals surface area (Å²) < 4.78 is 0. The molecule has 2 unspecified atom stereocenters. The van der Waals surface area contributed by atoms with Crippen molar-refractivity contribution in [3.05, 3.63) is 0 Å². The maximum absolute atomic E-state index is 11.1. The molecule has 0 amide bonds. The second-order valence-electron chi connectivity index (χ2n) is 7.79. The van der Waals surface area contributed by atoms with Gasteiger partial charge in [0.1, 0.15) is 0 Å². The van der Waals surface area contributed by atoms with E-state index < -0.39 is 0 Å². The van der Waals surface area contributed by atoms with Crippen LogP contribution in [-0.2, 0) is 0 Å². The number of hydrogen-bond donors (Lipinski definition) is 1. The molecule has 0 heterocycles. The Balaban J connectivity index is 2.38. The SMILES string of the molecule is CCCCCCCCC1(O)CCCCC1C(C)(C)C. The fourth-order valence-corrected chi connectivity index (χ4v) is 3.97. The lowest BCUT2D eigenvalue weighted by Crippen LogP contribution is -2.46. The van der Waals surface area contributed by atoms with Crippen LogP contribution in [0.25, 0.3) is 0 Å². The van der Waals surface area contributed by atoms with Crippen molar-refractivity contribution in [3.63, 3.8) is 0 Å². The summed E-state index contributed by atoms with van der Waals surface area (Å²) in [6.45, 7) is 9.16. The molecule has 1 aliphatic rings. The molecule has 0 aromatic rings. The molecule has 0 bridgehead atoms. The van der Waals surface area contributed by atoms with Crippen LogP contribution in [-0.4, -0.2) is 10.7 Å². The Morgan fingerprint density at radius 3 is 2.26 bits per heavy atom. The largest absolute Gasteiger partial charge is 0.390 e. The van der Waals surface area contributed by atoms with Crippen LogP contribution in [0.3, 0.4) is 0 Å². The molecule has 1 fully saturated rings. The molecule has 0 radical (unpaired) electrons. The van der Waals surface area contributed by atoms with Gasteiger partial charge in [-0.25, -0.2) is 0 Å². The zero-order chi connectivity index (χ0) is 14.4. The molecule has 1 rings (SSSR count). The summed E-state index contributed by atoms with van der Waals surface area (Å²) in [4.78, 5) is 0. The van der Waals surface area contributed by atoms with Gasteiger partial charge in [-0.3, -0.25) is 0 Å². The van der Waals surface area contributed by atoms with Crippen molar-refractivity contribution in [2.24, 2.45) is 11.3 Å². The zero-order valence-corrected chi connectivity index (χ0v) is 13.8. The smallest absolute Gasteiger partial charge is 0.0680 e. The van der Waals surface area contributed by atoms with Gasteiger partial charge in [0.05, 0.1) is 5.60 Å². The van der Waals surface area contributed by atoms with Gasteiger partial charge in [0.15, 0.2) is 0 Å². The highest BCUT2D eigenvalue weighted by Crippen LogP contribution is 2.46. The lowest BCUT2D eigenvalue weighted by Gasteiger charge is -2.47. The number of rotatable bonds is 7. The quantitative estimate of drug-likeness (QED) is 0.587. The Morgan fingerprint density at radius 2 is 1.63 bits per heavy atom. The van der Waals surface area contributed by atoms with E-state index in [4.69, 9.17) is 0 Å². The minimum absolute atomic E-state index is 0.247. The predicted molar refractivity (Wildman–Crippen MR) is 84.4 cm³/mol. The summed E-state index contributed by atoms with van der Waals surface area (Å²) in [7, 11) is 0. The van der Waals surface area contributed by atoms with Gasteiger partial charge in [0.2, 0.25) is 0 Å². The number of unbranched alkanes of at least 4 members (excludes halogenated alkanes) is 5. The fourth-order valence-electron chi connectivity index (χ4n) is 3.97. The molecule has 19 heavy (non-hydrogen) atoms. The molecule has 1 nitrogen and oxygen atoms in total. The lowest BCUT2D eigenvalue weighted by molar-refractivity contribution is -0.0961. The Hall–Kier alpha value is -0.0400. The molecule has 1 saturated carbocycles.